The van der Waals surface area contributed by atoms with Crippen molar-refractivity contribution in [1.29, 1.82) is 5.26 Å². The number of benzene rings is 1. The van der Waals surface area contributed by atoms with E-state index in [1.54, 1.807) is 24.3 Å². The molecule has 0 N–H and O–H groups in total. The lowest BCUT2D eigenvalue weighted by atomic mass is 10.0. The highest BCUT2D eigenvalue weighted by Gasteiger charge is 2.21. The van der Waals surface area contributed by atoms with Crippen LogP contribution in [0, 0.1) is 16.7 Å². The van der Waals surface area contributed by atoms with E-state index in [0.29, 0.717) is 5.56 Å². The van der Waals surface area contributed by atoms with Gasteiger partial charge in [-0.15, -0.1) is 0 Å². The number of hydrogen-bond donors (Lipinski definition) is 0. The molecule has 1 rings (SSSR count). The Hall–Kier alpha value is -1.34. The van der Waals surface area contributed by atoms with Gasteiger partial charge in [0.15, 0.2) is 9.84 Å². The van der Waals surface area contributed by atoms with Gasteiger partial charge >= 0.3 is 0 Å². The first kappa shape index (κ1) is 13.7. The highest BCUT2D eigenvalue weighted by molar-refractivity contribution is 7.90. The van der Waals surface area contributed by atoms with Crippen LogP contribution in [0.25, 0.3) is 0 Å². The topological polar surface area (TPSA) is 57.9 Å². The summed E-state index contributed by atoms with van der Waals surface area (Å²) < 4.78 is 23.8. The molecular weight excluding hydrogens is 234 g/mol. The molecule has 4 heteroatoms. The summed E-state index contributed by atoms with van der Waals surface area (Å²) in [5.41, 5.74) is 1.04. The van der Waals surface area contributed by atoms with Crippen LogP contribution >= 0.6 is 0 Å². The summed E-state index contributed by atoms with van der Waals surface area (Å²) >= 11 is 0. The summed E-state index contributed by atoms with van der Waals surface area (Å²) in [5.74, 6) is 0.204. The molecule has 0 aromatic heterocycles. The van der Waals surface area contributed by atoms with Crippen LogP contribution in [0.3, 0.4) is 0 Å². The van der Waals surface area contributed by atoms with Gasteiger partial charge in [-0.2, -0.15) is 5.26 Å². The van der Waals surface area contributed by atoms with E-state index in [0.717, 1.165) is 5.56 Å². The molecule has 0 bridgehead atoms. The standard InChI is InChI=1S/C13H17NO2S/c1-13(2,3)10-17(15,16)9-12-6-4-11(8-14)5-7-12/h4-7H,9-10H2,1-3H3. The highest BCUT2D eigenvalue weighted by atomic mass is 32.2. The zero-order chi connectivity index (χ0) is 13.1. The molecule has 0 radical (unpaired) electrons. The van der Waals surface area contributed by atoms with Gasteiger partial charge in [0.05, 0.1) is 23.1 Å². The Bertz CT molecular complexity index is 516. The second-order valence-corrected chi connectivity index (χ2v) is 7.47. The minimum Gasteiger partial charge on any atom is -0.228 e. The lowest BCUT2D eigenvalue weighted by Crippen LogP contribution is -2.21. The average Bonchev–Trinajstić information content (AvgIpc) is 2.14. The van der Waals surface area contributed by atoms with Crippen molar-refractivity contribution in [3.05, 3.63) is 35.4 Å². The third kappa shape index (κ3) is 5.01. The third-order valence-corrected chi connectivity index (χ3v) is 4.20. The molecule has 0 saturated carbocycles. The van der Waals surface area contributed by atoms with Crippen molar-refractivity contribution in [3.8, 4) is 6.07 Å². The largest absolute Gasteiger partial charge is 0.228 e. The van der Waals surface area contributed by atoms with E-state index in [4.69, 9.17) is 5.26 Å². The Balaban J connectivity index is 2.81. The minimum atomic E-state index is -3.09. The van der Waals surface area contributed by atoms with E-state index >= 15 is 0 Å². The maximum absolute atomic E-state index is 11.9. The first-order valence-corrected chi connectivity index (χ1v) is 7.23. The zero-order valence-electron chi connectivity index (χ0n) is 10.4. The maximum atomic E-state index is 11.9. The second kappa shape index (κ2) is 4.89. The van der Waals surface area contributed by atoms with Crippen molar-refractivity contribution in [2.45, 2.75) is 26.5 Å². The number of rotatable bonds is 3. The highest BCUT2D eigenvalue weighted by Crippen LogP contribution is 2.19. The molecule has 0 atom stereocenters. The van der Waals surface area contributed by atoms with Gasteiger partial charge in [-0.05, 0) is 23.1 Å². The molecule has 17 heavy (non-hydrogen) atoms. The van der Waals surface area contributed by atoms with Crippen LogP contribution in [0.2, 0.25) is 0 Å². The molecular formula is C13H17NO2S. The van der Waals surface area contributed by atoms with Gasteiger partial charge in [-0.25, -0.2) is 8.42 Å². The lowest BCUT2D eigenvalue weighted by molar-refractivity contribution is 0.461. The van der Waals surface area contributed by atoms with E-state index in [1.807, 2.05) is 26.8 Å². The van der Waals surface area contributed by atoms with Gasteiger partial charge in [0.1, 0.15) is 0 Å². The fourth-order valence-electron chi connectivity index (χ4n) is 1.64. The predicted octanol–water partition coefficient (Wildman–Crippen LogP) is 2.52. The quantitative estimate of drug-likeness (QED) is 0.829. The van der Waals surface area contributed by atoms with Gasteiger partial charge in [-0.1, -0.05) is 32.9 Å². The van der Waals surface area contributed by atoms with Gasteiger partial charge in [0.25, 0.3) is 0 Å². The fourth-order valence-corrected chi connectivity index (χ4v) is 3.76. The number of nitriles is 1. The van der Waals surface area contributed by atoms with Crippen molar-refractivity contribution in [3.63, 3.8) is 0 Å². The van der Waals surface area contributed by atoms with Crippen molar-refractivity contribution in [2.24, 2.45) is 5.41 Å². The molecule has 0 aliphatic carbocycles. The van der Waals surface area contributed by atoms with Crippen molar-refractivity contribution < 1.29 is 8.42 Å². The van der Waals surface area contributed by atoms with E-state index < -0.39 is 9.84 Å². The normalized spacial score (nSPS) is 12.1. The van der Waals surface area contributed by atoms with Crippen LogP contribution < -0.4 is 0 Å². The average molecular weight is 251 g/mol. The predicted molar refractivity (Wildman–Crippen MR) is 68.1 cm³/mol. The van der Waals surface area contributed by atoms with E-state index in [-0.39, 0.29) is 16.9 Å². The summed E-state index contributed by atoms with van der Waals surface area (Å²) in [4.78, 5) is 0. The van der Waals surface area contributed by atoms with Crippen LogP contribution in [0.5, 0.6) is 0 Å². The zero-order valence-corrected chi connectivity index (χ0v) is 11.2. The van der Waals surface area contributed by atoms with Crippen molar-refractivity contribution in [2.75, 3.05) is 5.75 Å². The third-order valence-electron chi connectivity index (χ3n) is 2.12. The molecule has 0 aliphatic heterocycles. The van der Waals surface area contributed by atoms with Gasteiger partial charge < -0.3 is 0 Å². The number of hydrogen-bond acceptors (Lipinski definition) is 3. The molecule has 3 nitrogen and oxygen atoms in total. The fraction of sp³-hybridized carbons (Fsp3) is 0.462. The summed E-state index contributed by atoms with van der Waals surface area (Å²) in [6.45, 7) is 5.72. The molecule has 0 spiro atoms. The van der Waals surface area contributed by atoms with Crippen LogP contribution in [0.15, 0.2) is 24.3 Å². The summed E-state index contributed by atoms with van der Waals surface area (Å²) in [6.07, 6.45) is 0. The van der Waals surface area contributed by atoms with Crippen molar-refractivity contribution in [1.82, 2.24) is 0 Å². The molecule has 0 aliphatic rings. The summed E-state index contributed by atoms with van der Waals surface area (Å²) in [5, 5.41) is 8.65. The summed E-state index contributed by atoms with van der Waals surface area (Å²) in [6, 6.07) is 8.67. The Morgan fingerprint density at radius 1 is 1.18 bits per heavy atom. The Morgan fingerprint density at radius 2 is 1.71 bits per heavy atom. The molecule has 0 saturated heterocycles. The van der Waals surface area contributed by atoms with Crippen LogP contribution in [-0.4, -0.2) is 14.2 Å². The Labute approximate surface area is 103 Å². The van der Waals surface area contributed by atoms with Crippen LogP contribution in [0.1, 0.15) is 31.9 Å². The molecule has 0 heterocycles. The van der Waals surface area contributed by atoms with E-state index in [1.165, 1.54) is 0 Å². The van der Waals surface area contributed by atoms with E-state index in [2.05, 4.69) is 0 Å². The number of nitrogens with zero attached hydrogens (tertiary/aromatic N) is 1. The van der Waals surface area contributed by atoms with Gasteiger partial charge in [0.2, 0.25) is 0 Å². The van der Waals surface area contributed by atoms with E-state index in [9.17, 15) is 8.42 Å². The minimum absolute atomic E-state index is 0.0377. The molecule has 0 unspecified atom stereocenters. The first-order valence-electron chi connectivity index (χ1n) is 5.41. The molecule has 1 aromatic carbocycles. The van der Waals surface area contributed by atoms with Gasteiger partial charge in [-0.3, -0.25) is 0 Å². The monoisotopic (exact) mass is 251 g/mol. The maximum Gasteiger partial charge on any atom is 0.154 e. The molecule has 92 valence electrons. The second-order valence-electron chi connectivity index (χ2n) is 5.40. The molecule has 1 aromatic rings. The van der Waals surface area contributed by atoms with Gasteiger partial charge in [0, 0.05) is 0 Å². The Morgan fingerprint density at radius 3 is 2.12 bits per heavy atom. The van der Waals surface area contributed by atoms with Crippen LogP contribution in [0.4, 0.5) is 0 Å². The summed E-state index contributed by atoms with van der Waals surface area (Å²) in [7, 11) is -3.09. The smallest absolute Gasteiger partial charge is 0.154 e. The van der Waals surface area contributed by atoms with Crippen LogP contribution in [-0.2, 0) is 15.6 Å². The SMILES string of the molecule is CC(C)(C)CS(=O)(=O)Cc1ccc(C#N)cc1. The molecule has 0 amide bonds. The van der Waals surface area contributed by atoms with Crippen molar-refractivity contribution >= 4 is 9.84 Å². The lowest BCUT2D eigenvalue weighted by Gasteiger charge is -2.17. The molecule has 0 fully saturated rings. The Kier molecular flexibility index (Phi) is 3.94. The first-order chi connectivity index (χ1) is 7.72. The number of sulfone groups is 1.